The fraction of sp³-hybridized carbons (Fsp3) is 0.583. The molecule has 1 saturated heterocycles. The maximum atomic E-state index is 5.57. The van der Waals surface area contributed by atoms with E-state index in [9.17, 15) is 0 Å². The Hall–Kier alpha value is -1.27. The smallest absolute Gasteiger partial charge is 0.223 e. The Labute approximate surface area is 113 Å². The van der Waals surface area contributed by atoms with E-state index >= 15 is 0 Å². The second kappa shape index (κ2) is 5.58. The third kappa shape index (κ3) is 3.14. The molecule has 5 nitrogen and oxygen atoms in total. The van der Waals surface area contributed by atoms with Gasteiger partial charge in [0.05, 0.1) is 0 Å². The SMILES string of the molecule is CC1CN(C)CCC1Nc1nccc(C(N)=S)n1. The van der Waals surface area contributed by atoms with Crippen LogP contribution in [0.1, 0.15) is 19.0 Å². The minimum Gasteiger partial charge on any atom is -0.388 e. The summed E-state index contributed by atoms with van der Waals surface area (Å²) in [6, 6.07) is 2.13. The van der Waals surface area contributed by atoms with Crippen molar-refractivity contribution in [2.75, 3.05) is 25.5 Å². The number of hydrogen-bond acceptors (Lipinski definition) is 5. The Kier molecular flexibility index (Phi) is 4.08. The zero-order valence-corrected chi connectivity index (χ0v) is 11.6. The van der Waals surface area contributed by atoms with Crippen molar-refractivity contribution in [2.45, 2.75) is 19.4 Å². The number of piperidine rings is 1. The van der Waals surface area contributed by atoms with Crippen molar-refractivity contribution >= 4 is 23.2 Å². The quantitative estimate of drug-likeness (QED) is 0.790. The molecule has 0 amide bonds. The first-order valence-electron chi connectivity index (χ1n) is 6.14. The van der Waals surface area contributed by atoms with Crippen molar-refractivity contribution in [3.63, 3.8) is 0 Å². The standard InChI is InChI=1S/C12H19N5S/c1-8-7-17(2)6-4-9(8)15-12-14-5-3-10(16-12)11(13)18/h3,5,8-9H,4,6-7H2,1-2H3,(H2,13,18)(H,14,15,16). The molecule has 18 heavy (non-hydrogen) atoms. The maximum Gasteiger partial charge on any atom is 0.223 e. The molecule has 0 saturated carbocycles. The van der Waals surface area contributed by atoms with Gasteiger partial charge in [0.1, 0.15) is 10.7 Å². The summed E-state index contributed by atoms with van der Waals surface area (Å²) in [5.74, 6) is 1.18. The predicted octanol–water partition coefficient (Wildman–Crippen LogP) is 0.863. The van der Waals surface area contributed by atoms with Crippen LogP contribution < -0.4 is 11.1 Å². The number of likely N-dealkylation sites (tertiary alicyclic amines) is 1. The summed E-state index contributed by atoms with van der Waals surface area (Å²) in [7, 11) is 2.15. The van der Waals surface area contributed by atoms with Gasteiger partial charge < -0.3 is 16.0 Å². The van der Waals surface area contributed by atoms with Gasteiger partial charge in [-0.2, -0.15) is 0 Å². The Balaban J connectivity index is 2.05. The third-order valence-corrected chi connectivity index (χ3v) is 3.54. The van der Waals surface area contributed by atoms with E-state index in [1.807, 2.05) is 0 Å². The molecule has 0 aliphatic carbocycles. The van der Waals surface area contributed by atoms with Gasteiger partial charge in [-0.1, -0.05) is 19.1 Å². The highest BCUT2D eigenvalue weighted by atomic mass is 32.1. The van der Waals surface area contributed by atoms with E-state index in [0.717, 1.165) is 19.5 Å². The maximum absolute atomic E-state index is 5.57. The number of rotatable bonds is 3. The topological polar surface area (TPSA) is 67.1 Å². The van der Waals surface area contributed by atoms with Crippen LogP contribution >= 0.6 is 12.2 Å². The van der Waals surface area contributed by atoms with E-state index in [4.69, 9.17) is 18.0 Å². The fourth-order valence-corrected chi connectivity index (χ4v) is 2.41. The lowest BCUT2D eigenvalue weighted by Gasteiger charge is -2.35. The lowest BCUT2D eigenvalue weighted by molar-refractivity contribution is 0.206. The largest absolute Gasteiger partial charge is 0.388 e. The van der Waals surface area contributed by atoms with Crippen molar-refractivity contribution in [3.8, 4) is 0 Å². The lowest BCUT2D eigenvalue weighted by Crippen LogP contribution is -2.43. The van der Waals surface area contributed by atoms with Crippen molar-refractivity contribution in [2.24, 2.45) is 11.7 Å². The summed E-state index contributed by atoms with van der Waals surface area (Å²) < 4.78 is 0. The number of nitrogens with two attached hydrogens (primary N) is 1. The van der Waals surface area contributed by atoms with Crippen LogP contribution in [0.2, 0.25) is 0 Å². The molecule has 0 spiro atoms. The van der Waals surface area contributed by atoms with Crippen molar-refractivity contribution < 1.29 is 0 Å². The van der Waals surface area contributed by atoms with E-state index in [2.05, 4.69) is 34.2 Å². The van der Waals surface area contributed by atoms with Crippen LogP contribution in [0.4, 0.5) is 5.95 Å². The second-order valence-electron chi connectivity index (χ2n) is 4.91. The van der Waals surface area contributed by atoms with E-state index in [1.54, 1.807) is 12.3 Å². The molecule has 3 N–H and O–H groups in total. The van der Waals surface area contributed by atoms with Crippen LogP contribution in [0.5, 0.6) is 0 Å². The average molecular weight is 265 g/mol. The first-order valence-corrected chi connectivity index (χ1v) is 6.55. The lowest BCUT2D eigenvalue weighted by atomic mass is 9.94. The van der Waals surface area contributed by atoms with Crippen molar-refractivity contribution in [1.29, 1.82) is 0 Å². The zero-order chi connectivity index (χ0) is 13.1. The molecule has 1 aliphatic heterocycles. The Morgan fingerprint density at radius 3 is 3.06 bits per heavy atom. The van der Waals surface area contributed by atoms with Crippen LogP contribution in [0.15, 0.2) is 12.3 Å². The molecular weight excluding hydrogens is 246 g/mol. The molecule has 0 aromatic carbocycles. The van der Waals surface area contributed by atoms with Gasteiger partial charge in [0, 0.05) is 18.8 Å². The molecule has 1 aromatic rings. The van der Waals surface area contributed by atoms with Gasteiger partial charge in [0.25, 0.3) is 0 Å². The summed E-state index contributed by atoms with van der Waals surface area (Å²) in [6.45, 7) is 4.43. The first kappa shape index (κ1) is 13.2. The number of hydrogen-bond donors (Lipinski definition) is 2. The molecule has 2 atom stereocenters. The molecule has 98 valence electrons. The summed E-state index contributed by atoms with van der Waals surface area (Å²) in [5.41, 5.74) is 6.18. The van der Waals surface area contributed by atoms with Crippen LogP contribution in [-0.2, 0) is 0 Å². The molecule has 6 heteroatoms. The average Bonchev–Trinajstić information content (AvgIpc) is 2.33. The molecular formula is C12H19N5S. The number of nitrogens with zero attached hydrogens (tertiary/aromatic N) is 3. The molecule has 0 radical (unpaired) electrons. The Morgan fingerprint density at radius 2 is 2.39 bits per heavy atom. The van der Waals surface area contributed by atoms with Crippen molar-refractivity contribution in [1.82, 2.24) is 14.9 Å². The van der Waals surface area contributed by atoms with Crippen LogP contribution in [0, 0.1) is 5.92 Å². The summed E-state index contributed by atoms with van der Waals surface area (Å²) in [5, 5.41) is 3.38. The highest BCUT2D eigenvalue weighted by molar-refractivity contribution is 7.80. The van der Waals surface area contributed by atoms with Gasteiger partial charge >= 0.3 is 0 Å². The first-order chi connectivity index (χ1) is 8.56. The van der Waals surface area contributed by atoms with E-state index in [0.29, 0.717) is 28.6 Å². The van der Waals surface area contributed by atoms with Gasteiger partial charge in [-0.05, 0) is 32.0 Å². The number of thiocarbonyl (C=S) groups is 1. The normalized spacial score (nSPS) is 24.8. The highest BCUT2D eigenvalue weighted by Gasteiger charge is 2.24. The van der Waals surface area contributed by atoms with Crippen molar-refractivity contribution in [3.05, 3.63) is 18.0 Å². The number of nitrogens with one attached hydrogen (secondary N) is 1. The predicted molar refractivity (Wildman–Crippen MR) is 76.6 cm³/mol. The second-order valence-corrected chi connectivity index (χ2v) is 5.35. The Morgan fingerprint density at radius 1 is 1.61 bits per heavy atom. The van der Waals surface area contributed by atoms with Crippen LogP contribution in [0.25, 0.3) is 0 Å². The number of aromatic nitrogens is 2. The molecule has 1 aliphatic rings. The van der Waals surface area contributed by atoms with Gasteiger partial charge in [-0.25, -0.2) is 9.97 Å². The monoisotopic (exact) mass is 265 g/mol. The van der Waals surface area contributed by atoms with Gasteiger partial charge in [-0.3, -0.25) is 0 Å². The molecule has 1 fully saturated rings. The van der Waals surface area contributed by atoms with E-state index < -0.39 is 0 Å². The van der Waals surface area contributed by atoms with Gasteiger partial charge in [-0.15, -0.1) is 0 Å². The molecule has 2 heterocycles. The molecule has 0 bridgehead atoms. The molecule has 1 aromatic heterocycles. The van der Waals surface area contributed by atoms with E-state index in [1.165, 1.54) is 0 Å². The molecule has 2 unspecified atom stereocenters. The fourth-order valence-electron chi connectivity index (χ4n) is 2.30. The minimum atomic E-state index is 0.303. The van der Waals surface area contributed by atoms with Crippen LogP contribution in [-0.4, -0.2) is 46.0 Å². The van der Waals surface area contributed by atoms with Gasteiger partial charge in [0.2, 0.25) is 5.95 Å². The highest BCUT2D eigenvalue weighted by Crippen LogP contribution is 2.18. The summed E-state index contributed by atoms with van der Waals surface area (Å²) in [6.07, 6.45) is 2.78. The zero-order valence-electron chi connectivity index (χ0n) is 10.8. The third-order valence-electron chi connectivity index (χ3n) is 3.33. The summed E-state index contributed by atoms with van der Waals surface area (Å²) in [4.78, 5) is 11.2. The van der Waals surface area contributed by atoms with Gasteiger partial charge in [0.15, 0.2) is 0 Å². The minimum absolute atomic E-state index is 0.303. The van der Waals surface area contributed by atoms with Crippen LogP contribution in [0.3, 0.4) is 0 Å². The Bertz CT molecular complexity index is 436. The van der Waals surface area contributed by atoms with E-state index in [-0.39, 0.29) is 0 Å². The number of anilines is 1. The molecule has 2 rings (SSSR count). The summed E-state index contributed by atoms with van der Waals surface area (Å²) >= 11 is 4.92.